The van der Waals surface area contributed by atoms with Crippen molar-refractivity contribution in [3.63, 3.8) is 0 Å². The van der Waals surface area contributed by atoms with Crippen molar-refractivity contribution < 1.29 is 9.15 Å². The molecule has 25 heavy (non-hydrogen) atoms. The van der Waals surface area contributed by atoms with Crippen LogP contribution in [0, 0.1) is 0 Å². The summed E-state index contributed by atoms with van der Waals surface area (Å²) in [5.74, 6) is 1.77. The van der Waals surface area contributed by atoms with Crippen LogP contribution in [0.25, 0.3) is 20.9 Å². The van der Waals surface area contributed by atoms with Crippen LogP contribution in [-0.2, 0) is 6.42 Å². The van der Waals surface area contributed by atoms with Crippen molar-refractivity contribution in [2.24, 2.45) is 0 Å². The fourth-order valence-electron chi connectivity index (χ4n) is 2.51. The number of methoxy groups -OCH3 is 1. The monoisotopic (exact) mass is 390 g/mol. The molecular weight excluding hydrogens is 379 g/mol. The van der Waals surface area contributed by atoms with Gasteiger partial charge in [-0.1, -0.05) is 41.4 Å². The zero-order valence-electron chi connectivity index (χ0n) is 13.1. The Balaban J connectivity index is 1.63. The van der Waals surface area contributed by atoms with E-state index in [-0.39, 0.29) is 0 Å². The van der Waals surface area contributed by atoms with Crippen molar-refractivity contribution in [3.05, 3.63) is 64.0 Å². The number of aromatic nitrogens is 2. The van der Waals surface area contributed by atoms with E-state index in [0.717, 1.165) is 26.3 Å². The summed E-state index contributed by atoms with van der Waals surface area (Å²) in [5.41, 5.74) is 1.06. The molecule has 0 spiro atoms. The Morgan fingerprint density at radius 2 is 1.88 bits per heavy atom. The van der Waals surface area contributed by atoms with Crippen molar-refractivity contribution in [1.29, 1.82) is 0 Å². The second-order valence-electron chi connectivity index (χ2n) is 5.41. The van der Waals surface area contributed by atoms with Crippen LogP contribution in [0.15, 0.2) is 46.9 Å². The molecule has 4 rings (SSSR count). The molecule has 126 valence electrons. The van der Waals surface area contributed by atoms with E-state index in [1.54, 1.807) is 7.11 Å². The SMILES string of the molecule is COc1ccc(Cc2nnc(-c3sc4cc(Cl)ccc4c3Cl)o2)cc1. The zero-order valence-corrected chi connectivity index (χ0v) is 15.5. The highest BCUT2D eigenvalue weighted by Crippen LogP contribution is 2.42. The lowest BCUT2D eigenvalue weighted by Crippen LogP contribution is -1.89. The molecule has 0 aliphatic rings. The molecule has 4 nitrogen and oxygen atoms in total. The lowest BCUT2D eigenvalue weighted by Gasteiger charge is -2.00. The smallest absolute Gasteiger partial charge is 0.259 e. The van der Waals surface area contributed by atoms with Gasteiger partial charge in [0.25, 0.3) is 5.89 Å². The Morgan fingerprint density at radius 3 is 2.64 bits per heavy atom. The Morgan fingerprint density at radius 1 is 1.08 bits per heavy atom. The van der Waals surface area contributed by atoms with Gasteiger partial charge in [0.15, 0.2) is 0 Å². The number of halogens is 2. The number of rotatable bonds is 4. The van der Waals surface area contributed by atoms with Gasteiger partial charge in [0.1, 0.15) is 10.6 Å². The van der Waals surface area contributed by atoms with E-state index in [1.807, 2.05) is 42.5 Å². The first-order valence-corrected chi connectivity index (χ1v) is 9.04. The van der Waals surface area contributed by atoms with E-state index in [2.05, 4.69) is 10.2 Å². The third kappa shape index (κ3) is 3.23. The topological polar surface area (TPSA) is 48.2 Å². The maximum atomic E-state index is 6.47. The van der Waals surface area contributed by atoms with Gasteiger partial charge in [-0.05, 0) is 29.8 Å². The summed E-state index contributed by atoms with van der Waals surface area (Å²) < 4.78 is 12.0. The van der Waals surface area contributed by atoms with Crippen molar-refractivity contribution in [3.8, 4) is 16.5 Å². The average molecular weight is 391 g/mol. The summed E-state index contributed by atoms with van der Waals surface area (Å²) >= 11 is 14.0. The zero-order chi connectivity index (χ0) is 17.4. The van der Waals surface area contributed by atoms with Crippen LogP contribution >= 0.6 is 34.5 Å². The van der Waals surface area contributed by atoms with Gasteiger partial charge in [0.05, 0.1) is 18.6 Å². The molecule has 0 saturated heterocycles. The molecule has 2 heterocycles. The first kappa shape index (κ1) is 16.4. The van der Waals surface area contributed by atoms with Crippen molar-refractivity contribution in [2.75, 3.05) is 7.11 Å². The number of nitrogens with zero attached hydrogens (tertiary/aromatic N) is 2. The van der Waals surface area contributed by atoms with Gasteiger partial charge >= 0.3 is 0 Å². The van der Waals surface area contributed by atoms with E-state index in [9.17, 15) is 0 Å². The molecule has 7 heteroatoms. The molecule has 0 radical (unpaired) electrons. The van der Waals surface area contributed by atoms with Crippen LogP contribution in [0.4, 0.5) is 0 Å². The van der Waals surface area contributed by atoms with Crippen LogP contribution in [0.2, 0.25) is 10.0 Å². The van der Waals surface area contributed by atoms with Crippen LogP contribution in [-0.4, -0.2) is 17.3 Å². The molecule has 0 atom stereocenters. The highest BCUT2D eigenvalue weighted by atomic mass is 35.5. The van der Waals surface area contributed by atoms with Gasteiger partial charge in [-0.25, -0.2) is 0 Å². The summed E-state index contributed by atoms with van der Waals surface area (Å²) in [4.78, 5) is 0.757. The highest BCUT2D eigenvalue weighted by Gasteiger charge is 2.18. The van der Waals surface area contributed by atoms with Gasteiger partial charge in [0, 0.05) is 15.1 Å². The number of benzene rings is 2. The Labute approximate surface area is 158 Å². The lowest BCUT2D eigenvalue weighted by atomic mass is 10.1. The summed E-state index contributed by atoms with van der Waals surface area (Å²) in [6, 6.07) is 13.3. The minimum atomic E-state index is 0.422. The fourth-order valence-corrected chi connectivity index (χ4v) is 4.22. The maximum Gasteiger partial charge on any atom is 0.259 e. The van der Waals surface area contributed by atoms with Gasteiger partial charge in [-0.3, -0.25) is 0 Å². The summed E-state index contributed by atoms with van der Waals surface area (Å²) in [6.45, 7) is 0. The summed E-state index contributed by atoms with van der Waals surface area (Å²) in [7, 11) is 1.64. The van der Waals surface area contributed by atoms with E-state index in [4.69, 9.17) is 32.4 Å². The first-order chi connectivity index (χ1) is 12.1. The minimum Gasteiger partial charge on any atom is -0.497 e. The van der Waals surface area contributed by atoms with Crippen molar-refractivity contribution in [2.45, 2.75) is 6.42 Å². The van der Waals surface area contributed by atoms with E-state index in [0.29, 0.717) is 28.2 Å². The summed E-state index contributed by atoms with van der Waals surface area (Å²) in [6.07, 6.45) is 0.547. The molecule has 0 N–H and O–H groups in total. The second-order valence-corrected chi connectivity index (χ2v) is 7.28. The number of thiophene rings is 1. The molecule has 2 aromatic carbocycles. The van der Waals surface area contributed by atoms with Gasteiger partial charge in [-0.15, -0.1) is 21.5 Å². The Bertz CT molecular complexity index is 1040. The predicted octanol–water partition coefficient (Wildman–Crippen LogP) is 5.86. The lowest BCUT2D eigenvalue weighted by molar-refractivity contribution is 0.414. The largest absolute Gasteiger partial charge is 0.497 e. The molecule has 0 aliphatic carbocycles. The maximum absolute atomic E-state index is 6.47. The molecule has 0 bridgehead atoms. The van der Waals surface area contributed by atoms with Crippen LogP contribution in [0.5, 0.6) is 5.75 Å². The minimum absolute atomic E-state index is 0.422. The predicted molar refractivity (Wildman–Crippen MR) is 101 cm³/mol. The Kier molecular flexibility index (Phi) is 4.37. The van der Waals surface area contributed by atoms with E-state index >= 15 is 0 Å². The van der Waals surface area contributed by atoms with Crippen LogP contribution in [0.3, 0.4) is 0 Å². The molecular formula is C18H12Cl2N2O2S. The first-order valence-electron chi connectivity index (χ1n) is 7.47. The quantitative estimate of drug-likeness (QED) is 0.437. The van der Waals surface area contributed by atoms with Gasteiger partial charge in [0.2, 0.25) is 5.89 Å². The molecule has 0 aliphatic heterocycles. The molecule has 4 aromatic rings. The molecule has 2 aromatic heterocycles. The van der Waals surface area contributed by atoms with Crippen LogP contribution < -0.4 is 4.74 Å². The number of hydrogen-bond donors (Lipinski definition) is 0. The fraction of sp³-hybridized carbons (Fsp3) is 0.111. The molecule has 0 unspecified atom stereocenters. The van der Waals surface area contributed by atoms with Gasteiger partial charge < -0.3 is 9.15 Å². The highest BCUT2D eigenvalue weighted by molar-refractivity contribution is 7.23. The Hall–Kier alpha value is -2.08. The average Bonchev–Trinajstić information content (AvgIpc) is 3.20. The third-order valence-electron chi connectivity index (χ3n) is 3.77. The van der Waals surface area contributed by atoms with Crippen molar-refractivity contribution >= 4 is 44.6 Å². The number of ether oxygens (including phenoxy) is 1. The van der Waals surface area contributed by atoms with Gasteiger partial charge in [-0.2, -0.15) is 0 Å². The number of fused-ring (bicyclic) bond motifs is 1. The summed E-state index contributed by atoms with van der Waals surface area (Å²) in [5, 5.41) is 10.5. The normalized spacial score (nSPS) is 11.2. The molecule has 0 saturated carbocycles. The molecule has 0 fully saturated rings. The van der Waals surface area contributed by atoms with E-state index in [1.165, 1.54) is 11.3 Å². The number of hydrogen-bond acceptors (Lipinski definition) is 5. The standard InChI is InChI=1S/C18H12Cl2N2O2S/c1-23-12-5-2-10(3-6-12)8-15-21-22-18(24-15)17-16(20)13-7-4-11(19)9-14(13)25-17/h2-7,9H,8H2,1H3. The molecule has 0 amide bonds. The van der Waals surface area contributed by atoms with Crippen LogP contribution in [0.1, 0.15) is 11.5 Å². The second kappa shape index (κ2) is 6.67. The van der Waals surface area contributed by atoms with Crippen molar-refractivity contribution in [1.82, 2.24) is 10.2 Å². The van der Waals surface area contributed by atoms with E-state index < -0.39 is 0 Å². The third-order valence-corrected chi connectivity index (χ3v) is 5.65.